The highest BCUT2D eigenvalue weighted by atomic mass is 19.3. The topological polar surface area (TPSA) is 87.2 Å². The zero-order chi connectivity index (χ0) is 21.0. The molecule has 1 saturated heterocycles. The minimum Gasteiger partial charge on any atom is -0.481 e. The van der Waals surface area contributed by atoms with Crippen molar-refractivity contribution in [3.05, 3.63) is 28.8 Å². The number of likely N-dealkylation sites (tertiary alicyclic amines) is 1. The van der Waals surface area contributed by atoms with Gasteiger partial charge in [0.15, 0.2) is 0 Å². The van der Waals surface area contributed by atoms with Crippen LogP contribution in [-0.2, 0) is 9.59 Å². The van der Waals surface area contributed by atoms with Crippen molar-refractivity contribution in [3.8, 4) is 5.75 Å². The first kappa shape index (κ1) is 21.6. The van der Waals surface area contributed by atoms with Gasteiger partial charge in [-0.05, 0) is 49.9 Å². The van der Waals surface area contributed by atoms with Crippen LogP contribution in [0.2, 0.25) is 0 Å². The summed E-state index contributed by atoms with van der Waals surface area (Å²) in [6.45, 7) is 0.562. The van der Waals surface area contributed by atoms with Crippen LogP contribution < -0.4 is 4.74 Å². The quantitative estimate of drug-likeness (QED) is 0.795. The van der Waals surface area contributed by atoms with Crippen LogP contribution in [0.1, 0.15) is 34.3 Å². The molecular formula is C19H24F2N2O5. The molecular weight excluding hydrogens is 374 g/mol. The van der Waals surface area contributed by atoms with Crippen LogP contribution in [0, 0.1) is 19.8 Å². The highest BCUT2D eigenvalue weighted by Gasteiger charge is 2.29. The van der Waals surface area contributed by atoms with Gasteiger partial charge in [-0.15, -0.1) is 0 Å². The van der Waals surface area contributed by atoms with E-state index in [1.54, 1.807) is 13.8 Å². The van der Waals surface area contributed by atoms with E-state index in [0.717, 1.165) is 0 Å². The van der Waals surface area contributed by atoms with E-state index in [4.69, 9.17) is 5.11 Å². The fraction of sp³-hybridized carbons (Fsp3) is 0.526. The number of carboxylic acids is 1. The maximum absolute atomic E-state index is 12.6. The van der Waals surface area contributed by atoms with E-state index in [-0.39, 0.29) is 30.3 Å². The van der Waals surface area contributed by atoms with Gasteiger partial charge in [0.2, 0.25) is 5.91 Å². The standard InChI is InChI=1S/C19H24F2N2O5/c1-11-7-14(8-12(2)16(11)28-19(20)21)17(25)22(3)10-15(24)23-6-4-5-13(9-23)18(26)27/h7-8,13,19H,4-6,9-10H2,1-3H3,(H,26,27). The van der Waals surface area contributed by atoms with Crippen molar-refractivity contribution < 1.29 is 33.0 Å². The molecule has 7 nitrogen and oxygen atoms in total. The number of hydrogen-bond acceptors (Lipinski definition) is 4. The summed E-state index contributed by atoms with van der Waals surface area (Å²) in [4.78, 5) is 38.9. The Kier molecular flexibility index (Phi) is 6.93. The van der Waals surface area contributed by atoms with Crippen molar-refractivity contribution in [1.29, 1.82) is 0 Å². The molecule has 1 unspecified atom stereocenters. The Morgan fingerprint density at radius 1 is 1.29 bits per heavy atom. The molecule has 1 aliphatic rings. The lowest BCUT2D eigenvalue weighted by Crippen LogP contribution is -2.46. The van der Waals surface area contributed by atoms with E-state index >= 15 is 0 Å². The van der Waals surface area contributed by atoms with Crippen molar-refractivity contribution in [2.24, 2.45) is 5.92 Å². The van der Waals surface area contributed by atoms with E-state index in [1.165, 1.54) is 29.0 Å². The van der Waals surface area contributed by atoms with E-state index in [1.807, 2.05) is 0 Å². The zero-order valence-electron chi connectivity index (χ0n) is 16.1. The number of rotatable bonds is 6. The molecule has 1 fully saturated rings. The van der Waals surface area contributed by atoms with Crippen molar-refractivity contribution in [1.82, 2.24) is 9.80 Å². The molecule has 1 aromatic carbocycles. The van der Waals surface area contributed by atoms with Gasteiger partial charge >= 0.3 is 12.6 Å². The Morgan fingerprint density at radius 3 is 2.43 bits per heavy atom. The summed E-state index contributed by atoms with van der Waals surface area (Å²) in [6, 6.07) is 2.88. The first-order chi connectivity index (χ1) is 13.1. The molecule has 1 heterocycles. The van der Waals surface area contributed by atoms with E-state index in [0.29, 0.717) is 30.5 Å². The minimum absolute atomic E-state index is 0.0262. The number of nitrogens with zero attached hydrogens (tertiary/aromatic N) is 2. The number of piperidine rings is 1. The molecule has 154 valence electrons. The Morgan fingerprint density at radius 2 is 1.89 bits per heavy atom. The molecule has 2 rings (SSSR count). The predicted molar refractivity (Wildman–Crippen MR) is 96.4 cm³/mol. The number of benzene rings is 1. The summed E-state index contributed by atoms with van der Waals surface area (Å²) in [5.41, 5.74) is 1.04. The number of hydrogen-bond donors (Lipinski definition) is 1. The van der Waals surface area contributed by atoms with Gasteiger partial charge in [0.05, 0.1) is 12.5 Å². The number of ether oxygens (including phenoxy) is 1. The van der Waals surface area contributed by atoms with Gasteiger partial charge in [0, 0.05) is 25.7 Å². The highest BCUT2D eigenvalue weighted by molar-refractivity contribution is 5.97. The Labute approximate surface area is 161 Å². The second kappa shape index (κ2) is 8.99. The molecule has 1 aliphatic heterocycles. The smallest absolute Gasteiger partial charge is 0.387 e. The zero-order valence-corrected chi connectivity index (χ0v) is 16.1. The average Bonchev–Trinajstić information content (AvgIpc) is 2.63. The lowest BCUT2D eigenvalue weighted by atomic mass is 9.98. The Bertz CT molecular complexity index is 746. The minimum atomic E-state index is -2.96. The second-order valence-corrected chi connectivity index (χ2v) is 7.00. The molecule has 1 N–H and O–H groups in total. The molecule has 1 aromatic rings. The SMILES string of the molecule is Cc1cc(C(=O)N(C)CC(=O)N2CCCC(C(=O)O)C2)cc(C)c1OC(F)F. The molecule has 0 aromatic heterocycles. The average molecular weight is 398 g/mol. The van der Waals surface area contributed by atoms with Crippen LogP contribution in [-0.4, -0.2) is 66.0 Å². The van der Waals surface area contributed by atoms with Gasteiger partial charge in [-0.25, -0.2) is 0 Å². The number of carbonyl (C=O) groups is 3. The molecule has 9 heteroatoms. The first-order valence-corrected chi connectivity index (χ1v) is 8.92. The highest BCUT2D eigenvalue weighted by Crippen LogP contribution is 2.27. The number of carbonyl (C=O) groups excluding carboxylic acids is 2. The number of halogens is 2. The van der Waals surface area contributed by atoms with Gasteiger partial charge in [-0.1, -0.05) is 0 Å². The maximum atomic E-state index is 12.6. The molecule has 1 atom stereocenters. The van der Waals surface area contributed by atoms with E-state index < -0.39 is 24.4 Å². The Balaban J connectivity index is 2.06. The van der Waals surface area contributed by atoms with Crippen LogP contribution in [0.4, 0.5) is 8.78 Å². The number of likely N-dealkylation sites (N-methyl/N-ethyl adjacent to an activating group) is 1. The van der Waals surface area contributed by atoms with Gasteiger partial charge in [0.1, 0.15) is 5.75 Å². The fourth-order valence-electron chi connectivity index (χ4n) is 3.35. The molecule has 0 bridgehead atoms. The van der Waals surface area contributed by atoms with E-state index in [2.05, 4.69) is 4.74 Å². The third-order valence-corrected chi connectivity index (χ3v) is 4.76. The number of aryl methyl sites for hydroxylation is 2. The molecule has 28 heavy (non-hydrogen) atoms. The predicted octanol–water partition coefficient (Wildman–Crippen LogP) is 2.30. The summed E-state index contributed by atoms with van der Waals surface area (Å²) < 4.78 is 29.5. The first-order valence-electron chi connectivity index (χ1n) is 8.92. The molecule has 2 amide bonds. The lowest BCUT2D eigenvalue weighted by Gasteiger charge is -2.32. The van der Waals surface area contributed by atoms with Gasteiger partial charge in [-0.3, -0.25) is 14.4 Å². The molecule has 0 radical (unpaired) electrons. The summed E-state index contributed by atoms with van der Waals surface area (Å²) >= 11 is 0. The molecule has 0 saturated carbocycles. The second-order valence-electron chi connectivity index (χ2n) is 7.00. The summed E-state index contributed by atoms with van der Waals surface area (Å²) in [5.74, 6) is -2.26. The summed E-state index contributed by atoms with van der Waals surface area (Å²) in [7, 11) is 1.47. The lowest BCUT2D eigenvalue weighted by molar-refractivity contribution is -0.145. The van der Waals surface area contributed by atoms with Crippen LogP contribution >= 0.6 is 0 Å². The van der Waals surface area contributed by atoms with Crippen molar-refractivity contribution in [2.75, 3.05) is 26.7 Å². The summed E-state index contributed by atoms with van der Waals surface area (Å²) in [6.07, 6.45) is 1.13. The van der Waals surface area contributed by atoms with Crippen LogP contribution in [0.5, 0.6) is 5.75 Å². The van der Waals surface area contributed by atoms with Gasteiger partial charge in [0.25, 0.3) is 5.91 Å². The van der Waals surface area contributed by atoms with Gasteiger partial charge in [-0.2, -0.15) is 8.78 Å². The summed E-state index contributed by atoms with van der Waals surface area (Å²) in [5, 5.41) is 9.13. The maximum Gasteiger partial charge on any atom is 0.387 e. The van der Waals surface area contributed by atoms with Crippen LogP contribution in [0.25, 0.3) is 0 Å². The molecule has 0 aliphatic carbocycles. The fourth-order valence-corrected chi connectivity index (χ4v) is 3.35. The van der Waals surface area contributed by atoms with Crippen molar-refractivity contribution in [3.63, 3.8) is 0 Å². The van der Waals surface area contributed by atoms with Crippen molar-refractivity contribution >= 4 is 17.8 Å². The number of aliphatic carboxylic acids is 1. The number of alkyl halides is 2. The van der Waals surface area contributed by atoms with Crippen LogP contribution in [0.15, 0.2) is 12.1 Å². The third-order valence-electron chi connectivity index (χ3n) is 4.76. The largest absolute Gasteiger partial charge is 0.481 e. The van der Waals surface area contributed by atoms with E-state index in [9.17, 15) is 23.2 Å². The number of carboxylic acid groups (broad SMARTS) is 1. The normalized spacial score (nSPS) is 16.8. The monoisotopic (exact) mass is 398 g/mol. The van der Waals surface area contributed by atoms with Crippen molar-refractivity contribution in [2.45, 2.75) is 33.3 Å². The van der Waals surface area contributed by atoms with Gasteiger partial charge < -0.3 is 19.6 Å². The van der Waals surface area contributed by atoms with Crippen LogP contribution in [0.3, 0.4) is 0 Å². The molecule has 0 spiro atoms. The Hall–Kier alpha value is -2.71. The number of amides is 2. The third kappa shape index (κ3) is 5.17.